The summed E-state index contributed by atoms with van der Waals surface area (Å²) in [5.74, 6) is -5.57. The standard InChI is InChI=1S/C14H8O12/c15-11(23-19)7-1-5-2-9(13(17)25-21)10(14(18)26-22)4-6(5)3-8(7)12(16)24-20/h1-4,19-22H. The Kier molecular flexibility index (Phi) is 5.44. The molecular formula is C14H8O12. The molecule has 12 heteroatoms. The number of rotatable bonds is 4. The number of carbonyl (C=O) groups is 4. The van der Waals surface area contributed by atoms with Gasteiger partial charge in [-0.2, -0.15) is 21.0 Å². The topological polar surface area (TPSA) is 186 Å². The summed E-state index contributed by atoms with van der Waals surface area (Å²) >= 11 is 0. The average molecular weight is 368 g/mol. The molecule has 2 aromatic carbocycles. The van der Waals surface area contributed by atoms with E-state index in [1.807, 2.05) is 0 Å². The van der Waals surface area contributed by atoms with Gasteiger partial charge in [0.05, 0.1) is 22.3 Å². The van der Waals surface area contributed by atoms with Crippen molar-refractivity contribution in [3.8, 4) is 0 Å². The highest BCUT2D eigenvalue weighted by Crippen LogP contribution is 2.26. The van der Waals surface area contributed by atoms with E-state index in [4.69, 9.17) is 21.0 Å². The fraction of sp³-hybridized carbons (Fsp3) is 0. The summed E-state index contributed by atoms with van der Waals surface area (Å²) in [5, 5.41) is 34.1. The van der Waals surface area contributed by atoms with Gasteiger partial charge in [-0.25, -0.2) is 19.2 Å². The van der Waals surface area contributed by atoms with Gasteiger partial charge in [0.1, 0.15) is 0 Å². The van der Waals surface area contributed by atoms with Crippen molar-refractivity contribution >= 4 is 34.6 Å². The number of hydrogen-bond donors (Lipinski definition) is 4. The van der Waals surface area contributed by atoms with E-state index in [1.54, 1.807) is 0 Å². The predicted molar refractivity (Wildman–Crippen MR) is 76.1 cm³/mol. The van der Waals surface area contributed by atoms with Crippen LogP contribution in [0.2, 0.25) is 0 Å². The second kappa shape index (κ2) is 7.54. The van der Waals surface area contributed by atoms with Crippen molar-refractivity contribution in [1.29, 1.82) is 0 Å². The Hall–Kier alpha value is -3.58. The van der Waals surface area contributed by atoms with Crippen LogP contribution in [0, 0.1) is 0 Å². The lowest BCUT2D eigenvalue weighted by molar-refractivity contribution is -0.185. The van der Waals surface area contributed by atoms with E-state index in [9.17, 15) is 19.2 Å². The zero-order valence-electron chi connectivity index (χ0n) is 12.4. The quantitative estimate of drug-likeness (QED) is 0.345. The monoisotopic (exact) mass is 368 g/mol. The average Bonchev–Trinajstić information content (AvgIpc) is 2.69. The first kappa shape index (κ1) is 18.8. The molecule has 0 aliphatic carbocycles. The molecule has 0 fully saturated rings. The van der Waals surface area contributed by atoms with Crippen LogP contribution >= 0.6 is 0 Å². The normalized spacial score (nSPS) is 10.2. The van der Waals surface area contributed by atoms with Gasteiger partial charge in [-0.15, -0.1) is 0 Å². The maximum absolute atomic E-state index is 11.6. The van der Waals surface area contributed by atoms with Crippen LogP contribution in [0.5, 0.6) is 0 Å². The first-order valence-corrected chi connectivity index (χ1v) is 6.42. The maximum atomic E-state index is 11.6. The lowest BCUT2D eigenvalue weighted by atomic mass is 9.96. The fourth-order valence-electron chi connectivity index (χ4n) is 2.22. The molecule has 12 nitrogen and oxygen atoms in total. The smallest absolute Gasteiger partial charge is 0.295 e. The van der Waals surface area contributed by atoms with E-state index in [1.165, 1.54) is 0 Å². The van der Waals surface area contributed by atoms with Gasteiger partial charge in [0.15, 0.2) is 0 Å². The molecule has 0 amide bonds. The minimum atomic E-state index is -1.39. The van der Waals surface area contributed by atoms with Crippen LogP contribution in [-0.4, -0.2) is 44.9 Å². The second-order valence-corrected chi connectivity index (χ2v) is 4.66. The lowest BCUT2D eigenvalue weighted by Crippen LogP contribution is -2.14. The molecule has 136 valence electrons. The van der Waals surface area contributed by atoms with Crippen molar-refractivity contribution < 1.29 is 59.8 Å². The van der Waals surface area contributed by atoms with Crippen molar-refractivity contribution in [1.82, 2.24) is 0 Å². The van der Waals surface area contributed by atoms with Gasteiger partial charge in [0, 0.05) is 0 Å². The van der Waals surface area contributed by atoms with Crippen LogP contribution in [0.25, 0.3) is 10.8 Å². The zero-order valence-corrected chi connectivity index (χ0v) is 12.4. The molecule has 0 saturated carbocycles. The van der Waals surface area contributed by atoms with Crippen molar-refractivity contribution in [2.75, 3.05) is 0 Å². The molecule has 0 atom stereocenters. The SMILES string of the molecule is O=C(OO)c1cc2cc(C(=O)OO)c(C(=O)OO)cc2cc1C(=O)OO. The van der Waals surface area contributed by atoms with E-state index in [2.05, 4.69) is 19.6 Å². The zero-order chi connectivity index (χ0) is 19.4. The molecule has 0 aromatic heterocycles. The summed E-state index contributed by atoms with van der Waals surface area (Å²) < 4.78 is 0. The highest BCUT2D eigenvalue weighted by molar-refractivity contribution is 6.11. The summed E-state index contributed by atoms with van der Waals surface area (Å²) in [4.78, 5) is 60.5. The van der Waals surface area contributed by atoms with Crippen LogP contribution < -0.4 is 0 Å². The molecule has 0 aliphatic heterocycles. The van der Waals surface area contributed by atoms with Crippen LogP contribution in [0.4, 0.5) is 0 Å². The number of hydrogen-bond acceptors (Lipinski definition) is 12. The molecule has 0 aliphatic rings. The molecule has 0 saturated heterocycles. The minimum absolute atomic E-state index is 0.0368. The molecule has 0 radical (unpaired) electrons. The van der Waals surface area contributed by atoms with Crippen LogP contribution in [0.15, 0.2) is 24.3 Å². The Morgan fingerprint density at radius 2 is 0.692 bits per heavy atom. The van der Waals surface area contributed by atoms with Crippen LogP contribution in [0.1, 0.15) is 41.4 Å². The Bertz CT molecular complexity index is 771. The molecule has 0 heterocycles. The van der Waals surface area contributed by atoms with E-state index in [0.29, 0.717) is 0 Å². The molecule has 0 bridgehead atoms. The number of carbonyl (C=O) groups excluding carboxylic acids is 4. The first-order valence-electron chi connectivity index (χ1n) is 6.42. The molecule has 4 N–H and O–H groups in total. The predicted octanol–water partition coefficient (Wildman–Crippen LogP) is 1.36. The highest BCUT2D eigenvalue weighted by atomic mass is 17.1. The van der Waals surface area contributed by atoms with Crippen molar-refractivity contribution in [3.05, 3.63) is 46.5 Å². The minimum Gasteiger partial charge on any atom is -0.295 e. The first-order chi connectivity index (χ1) is 12.4. The summed E-state index contributed by atoms with van der Waals surface area (Å²) in [6.07, 6.45) is 0. The summed E-state index contributed by atoms with van der Waals surface area (Å²) in [5.41, 5.74) is -2.22. The molecule has 0 unspecified atom stereocenters. The maximum Gasteiger partial charge on any atom is 0.373 e. The molecule has 2 aromatic rings. The molecule has 2 rings (SSSR count). The van der Waals surface area contributed by atoms with E-state index >= 15 is 0 Å². The number of benzene rings is 2. The highest BCUT2D eigenvalue weighted by Gasteiger charge is 2.25. The van der Waals surface area contributed by atoms with Crippen LogP contribution in [-0.2, 0) is 19.6 Å². The molecule has 26 heavy (non-hydrogen) atoms. The van der Waals surface area contributed by atoms with E-state index in [-0.39, 0.29) is 10.8 Å². The molecule has 0 spiro atoms. The Morgan fingerprint density at radius 1 is 0.500 bits per heavy atom. The van der Waals surface area contributed by atoms with Gasteiger partial charge >= 0.3 is 23.9 Å². The van der Waals surface area contributed by atoms with Crippen molar-refractivity contribution in [2.45, 2.75) is 0 Å². The van der Waals surface area contributed by atoms with Crippen molar-refractivity contribution in [2.24, 2.45) is 0 Å². The summed E-state index contributed by atoms with van der Waals surface area (Å²) in [6.45, 7) is 0. The number of fused-ring (bicyclic) bond motifs is 1. The third kappa shape index (κ3) is 3.28. The molecular weight excluding hydrogens is 360 g/mol. The van der Waals surface area contributed by atoms with Crippen molar-refractivity contribution in [3.63, 3.8) is 0 Å². The van der Waals surface area contributed by atoms with E-state index in [0.717, 1.165) is 24.3 Å². The Balaban J connectivity index is 2.85. The lowest BCUT2D eigenvalue weighted by Gasteiger charge is -2.10. The third-order valence-electron chi connectivity index (χ3n) is 3.32. The van der Waals surface area contributed by atoms with Gasteiger partial charge in [-0.05, 0) is 35.0 Å². The summed E-state index contributed by atoms with van der Waals surface area (Å²) in [7, 11) is 0. The largest absolute Gasteiger partial charge is 0.373 e. The van der Waals surface area contributed by atoms with Gasteiger partial charge in [0.25, 0.3) is 0 Å². The van der Waals surface area contributed by atoms with Gasteiger partial charge in [-0.1, -0.05) is 0 Å². The van der Waals surface area contributed by atoms with E-state index < -0.39 is 46.1 Å². The van der Waals surface area contributed by atoms with Gasteiger partial charge < -0.3 is 0 Å². The Morgan fingerprint density at radius 3 is 0.846 bits per heavy atom. The van der Waals surface area contributed by atoms with Gasteiger partial charge in [0.2, 0.25) is 0 Å². The third-order valence-corrected chi connectivity index (χ3v) is 3.32. The van der Waals surface area contributed by atoms with Gasteiger partial charge in [-0.3, -0.25) is 19.6 Å². The summed E-state index contributed by atoms with van der Waals surface area (Å²) in [6, 6.07) is 3.84. The Labute approximate surface area is 142 Å². The fourth-order valence-corrected chi connectivity index (χ4v) is 2.22. The van der Waals surface area contributed by atoms with Crippen LogP contribution in [0.3, 0.4) is 0 Å². The second-order valence-electron chi connectivity index (χ2n) is 4.66.